The molecule has 0 atom stereocenters. The summed E-state index contributed by atoms with van der Waals surface area (Å²) in [4.78, 5) is 12.3. The van der Waals surface area contributed by atoms with E-state index in [4.69, 9.17) is 5.10 Å². The minimum Gasteiger partial charge on any atom is -0.288 e. The predicted octanol–water partition coefficient (Wildman–Crippen LogP) is 5.05. The smallest absolute Gasteiger partial charge is 0.288 e. The molecule has 2 heterocycles. The lowest BCUT2D eigenvalue weighted by molar-refractivity contribution is -0.137. The van der Waals surface area contributed by atoms with E-state index in [1.165, 1.54) is 12.1 Å². The summed E-state index contributed by atoms with van der Waals surface area (Å²) < 4.78 is 40.9. The number of aromatic amines is 1. The van der Waals surface area contributed by atoms with Crippen LogP contribution < -0.4 is 5.32 Å². The van der Waals surface area contributed by atoms with Crippen molar-refractivity contribution < 1.29 is 18.0 Å². The number of hydrogen-bond donors (Lipinski definition) is 2. The minimum absolute atomic E-state index is 0.0650. The number of nitrogens with one attached hydrogen (secondary N) is 2. The molecular weight excluding hydrogens is 471 g/mol. The number of carbonyl (C=O) groups excluding carboxylic acids is 1. The number of aromatic nitrogens is 6. The van der Waals surface area contributed by atoms with E-state index in [1.807, 2.05) is 36.4 Å². The second kappa shape index (κ2) is 9.45. The zero-order valence-electron chi connectivity index (χ0n) is 18.6. The monoisotopic (exact) mass is 489 g/mol. The van der Waals surface area contributed by atoms with Crippen LogP contribution in [-0.4, -0.2) is 36.3 Å². The molecule has 3 aromatic carbocycles. The number of benzene rings is 3. The van der Waals surface area contributed by atoms with E-state index in [9.17, 15) is 18.0 Å². The minimum atomic E-state index is -4.41. The van der Waals surface area contributed by atoms with Gasteiger partial charge >= 0.3 is 6.18 Å². The van der Waals surface area contributed by atoms with Gasteiger partial charge in [-0.25, -0.2) is 0 Å². The summed E-state index contributed by atoms with van der Waals surface area (Å²) in [6.45, 7) is 0.343. The van der Waals surface area contributed by atoms with Gasteiger partial charge in [0.1, 0.15) is 0 Å². The third-order valence-electron chi connectivity index (χ3n) is 5.48. The number of anilines is 1. The molecule has 0 aliphatic rings. The van der Waals surface area contributed by atoms with Crippen LogP contribution in [0.4, 0.5) is 19.1 Å². The van der Waals surface area contributed by atoms with Gasteiger partial charge in [-0.1, -0.05) is 59.7 Å². The average molecular weight is 489 g/mol. The Kier molecular flexibility index (Phi) is 6.03. The summed E-state index contributed by atoms with van der Waals surface area (Å²) >= 11 is 0. The number of amides is 1. The van der Waals surface area contributed by atoms with E-state index in [0.29, 0.717) is 29.1 Å². The van der Waals surface area contributed by atoms with Crippen molar-refractivity contribution in [2.24, 2.45) is 0 Å². The van der Waals surface area contributed by atoms with Gasteiger partial charge in [0.25, 0.3) is 11.9 Å². The summed E-state index contributed by atoms with van der Waals surface area (Å²) in [5, 5.41) is 20.3. The van der Waals surface area contributed by atoms with Gasteiger partial charge in [-0.2, -0.15) is 23.5 Å². The SMILES string of the molecule is O=C(Nc1nn[nH]n1)c1ccc(Cn2nc(-c3ccccc3)cc2-c2ccc(C(F)(F)F)cc2)cc1. The van der Waals surface area contributed by atoms with Crippen molar-refractivity contribution in [1.82, 2.24) is 30.4 Å². The molecule has 8 nitrogen and oxygen atoms in total. The molecule has 0 fully saturated rings. The van der Waals surface area contributed by atoms with E-state index in [-0.39, 0.29) is 11.9 Å². The Balaban J connectivity index is 1.43. The van der Waals surface area contributed by atoms with Gasteiger partial charge in [-0.05, 0) is 46.7 Å². The standard InChI is InChI=1S/C25H18F3N7O/c26-25(27,28)20-12-10-18(11-13-20)22-14-21(17-4-2-1-3-5-17)32-35(22)15-16-6-8-19(9-7-16)23(36)29-24-30-33-34-31-24/h1-14H,15H2,(H2,29,30,31,33,34,36). The first kappa shape index (κ1) is 23.0. The Morgan fingerprint density at radius 1 is 0.917 bits per heavy atom. The topological polar surface area (TPSA) is 101 Å². The van der Waals surface area contributed by atoms with Gasteiger partial charge in [0.05, 0.1) is 23.5 Å². The third-order valence-corrected chi connectivity index (χ3v) is 5.48. The molecule has 11 heteroatoms. The molecule has 0 aliphatic heterocycles. The number of halogens is 3. The fraction of sp³-hybridized carbons (Fsp3) is 0.0800. The molecule has 36 heavy (non-hydrogen) atoms. The van der Waals surface area contributed by atoms with Gasteiger partial charge in [0, 0.05) is 11.1 Å². The number of hydrogen-bond acceptors (Lipinski definition) is 5. The number of H-pyrrole nitrogens is 1. The van der Waals surface area contributed by atoms with E-state index in [0.717, 1.165) is 23.3 Å². The number of rotatable bonds is 6. The van der Waals surface area contributed by atoms with Gasteiger partial charge in [0.2, 0.25) is 0 Å². The van der Waals surface area contributed by atoms with Crippen molar-refractivity contribution in [3.05, 3.63) is 102 Å². The van der Waals surface area contributed by atoms with Crippen molar-refractivity contribution in [3.8, 4) is 22.5 Å². The summed E-state index contributed by atoms with van der Waals surface area (Å²) in [5.74, 6) is -0.325. The quantitative estimate of drug-likeness (QED) is 0.348. The lowest BCUT2D eigenvalue weighted by Gasteiger charge is -2.10. The van der Waals surface area contributed by atoms with Crippen LogP contribution in [0.15, 0.2) is 84.9 Å². The number of alkyl halides is 3. The Bertz CT molecular complexity index is 1460. The first-order valence-corrected chi connectivity index (χ1v) is 10.8. The molecule has 180 valence electrons. The van der Waals surface area contributed by atoms with Crippen LogP contribution in [0.2, 0.25) is 0 Å². The molecular formula is C25H18F3N7O. The van der Waals surface area contributed by atoms with E-state index in [1.54, 1.807) is 28.9 Å². The van der Waals surface area contributed by atoms with Gasteiger partial charge in [0.15, 0.2) is 0 Å². The highest BCUT2D eigenvalue weighted by atomic mass is 19.4. The molecule has 0 spiro atoms. The van der Waals surface area contributed by atoms with Crippen LogP contribution >= 0.6 is 0 Å². The second-order valence-corrected chi connectivity index (χ2v) is 7.90. The zero-order chi connectivity index (χ0) is 25.1. The lowest BCUT2D eigenvalue weighted by Crippen LogP contribution is -2.13. The Morgan fingerprint density at radius 3 is 2.28 bits per heavy atom. The number of carbonyl (C=O) groups is 1. The normalized spacial score (nSPS) is 11.4. The van der Waals surface area contributed by atoms with E-state index in [2.05, 4.69) is 25.9 Å². The molecule has 0 saturated heterocycles. The molecule has 1 amide bonds. The molecule has 0 saturated carbocycles. The highest BCUT2D eigenvalue weighted by Gasteiger charge is 2.30. The van der Waals surface area contributed by atoms with Crippen LogP contribution in [-0.2, 0) is 12.7 Å². The van der Waals surface area contributed by atoms with Crippen LogP contribution in [0, 0.1) is 0 Å². The molecule has 2 aromatic heterocycles. The van der Waals surface area contributed by atoms with Crippen molar-refractivity contribution in [2.75, 3.05) is 5.32 Å². The number of tetrazole rings is 1. The fourth-order valence-electron chi connectivity index (χ4n) is 3.67. The zero-order valence-corrected chi connectivity index (χ0v) is 18.6. The summed E-state index contributed by atoms with van der Waals surface area (Å²) in [6, 6.07) is 23.3. The van der Waals surface area contributed by atoms with Crippen molar-refractivity contribution in [2.45, 2.75) is 12.7 Å². The highest BCUT2D eigenvalue weighted by molar-refractivity contribution is 6.03. The molecule has 5 aromatic rings. The Morgan fingerprint density at radius 2 is 1.64 bits per heavy atom. The highest BCUT2D eigenvalue weighted by Crippen LogP contribution is 2.32. The van der Waals surface area contributed by atoms with E-state index >= 15 is 0 Å². The van der Waals surface area contributed by atoms with Gasteiger partial charge in [-0.3, -0.25) is 14.8 Å². The van der Waals surface area contributed by atoms with Crippen molar-refractivity contribution in [1.29, 1.82) is 0 Å². The molecule has 5 rings (SSSR count). The maximum Gasteiger partial charge on any atom is 0.416 e. The van der Waals surface area contributed by atoms with Crippen LogP contribution in [0.5, 0.6) is 0 Å². The third kappa shape index (κ3) is 4.99. The fourth-order valence-corrected chi connectivity index (χ4v) is 3.67. The molecule has 0 aliphatic carbocycles. The molecule has 2 N–H and O–H groups in total. The van der Waals surface area contributed by atoms with Crippen molar-refractivity contribution >= 4 is 11.9 Å². The lowest BCUT2D eigenvalue weighted by atomic mass is 10.1. The Labute approximate surface area is 202 Å². The molecule has 0 radical (unpaired) electrons. The maximum absolute atomic E-state index is 13.1. The second-order valence-electron chi connectivity index (χ2n) is 7.90. The van der Waals surface area contributed by atoms with E-state index < -0.39 is 11.7 Å². The van der Waals surface area contributed by atoms with Crippen molar-refractivity contribution in [3.63, 3.8) is 0 Å². The number of nitrogens with zero attached hydrogens (tertiary/aromatic N) is 5. The molecule has 0 unspecified atom stereocenters. The predicted molar refractivity (Wildman–Crippen MR) is 126 cm³/mol. The summed E-state index contributed by atoms with van der Waals surface area (Å²) in [7, 11) is 0. The summed E-state index contributed by atoms with van der Waals surface area (Å²) in [5.41, 5.74) is 3.39. The van der Waals surface area contributed by atoms with Crippen LogP contribution in [0.25, 0.3) is 22.5 Å². The first-order valence-electron chi connectivity index (χ1n) is 10.8. The first-order chi connectivity index (χ1) is 17.4. The Hall–Kier alpha value is -4.80. The largest absolute Gasteiger partial charge is 0.416 e. The van der Waals surface area contributed by atoms with Gasteiger partial charge in [-0.15, -0.1) is 5.10 Å². The maximum atomic E-state index is 13.1. The van der Waals surface area contributed by atoms with Crippen LogP contribution in [0.3, 0.4) is 0 Å². The summed E-state index contributed by atoms with van der Waals surface area (Å²) in [6.07, 6.45) is -4.41. The molecule has 0 bridgehead atoms. The van der Waals surface area contributed by atoms with Crippen LogP contribution in [0.1, 0.15) is 21.5 Å². The average Bonchev–Trinajstić information content (AvgIpc) is 3.55. The van der Waals surface area contributed by atoms with Gasteiger partial charge < -0.3 is 0 Å².